The second kappa shape index (κ2) is 7.66. The van der Waals surface area contributed by atoms with E-state index in [-0.39, 0.29) is 36.4 Å². The number of nitrogens with one attached hydrogen (secondary N) is 1. The Kier molecular flexibility index (Phi) is 5.05. The SMILES string of the molecule is Cc1ccc(C(=O)N2CCN3C(=O)[C@@H](Cc4ccccc4)NC(=O)[C@H]3C2)cc1F. The molecule has 29 heavy (non-hydrogen) atoms. The fourth-order valence-corrected chi connectivity index (χ4v) is 3.88. The summed E-state index contributed by atoms with van der Waals surface area (Å²) in [7, 11) is 0. The number of rotatable bonds is 3. The molecule has 0 aliphatic carbocycles. The smallest absolute Gasteiger partial charge is 0.254 e. The van der Waals surface area contributed by atoms with Gasteiger partial charge in [-0.05, 0) is 30.2 Å². The molecular weight excluding hydrogens is 373 g/mol. The van der Waals surface area contributed by atoms with Crippen molar-refractivity contribution in [2.45, 2.75) is 25.4 Å². The van der Waals surface area contributed by atoms with Crippen molar-refractivity contribution >= 4 is 17.7 Å². The Bertz CT molecular complexity index is 963. The summed E-state index contributed by atoms with van der Waals surface area (Å²) >= 11 is 0. The van der Waals surface area contributed by atoms with Gasteiger partial charge in [-0.1, -0.05) is 36.4 Å². The lowest BCUT2D eigenvalue weighted by molar-refractivity contribution is -0.152. The standard InChI is InChI=1S/C22H22FN3O3/c1-14-7-8-16(12-17(14)23)21(28)25-9-10-26-19(13-25)20(27)24-18(22(26)29)11-15-5-3-2-4-6-15/h2-8,12,18-19H,9-11,13H2,1H3,(H,24,27)/t18-,19-/m1/s1. The molecule has 3 amide bonds. The molecule has 0 saturated carbocycles. The molecule has 0 aromatic heterocycles. The van der Waals surface area contributed by atoms with Crippen molar-refractivity contribution in [2.75, 3.05) is 19.6 Å². The lowest BCUT2D eigenvalue weighted by atomic mass is 9.98. The summed E-state index contributed by atoms with van der Waals surface area (Å²) in [5.74, 6) is -1.18. The first-order valence-corrected chi connectivity index (χ1v) is 9.64. The molecule has 6 nitrogen and oxygen atoms in total. The van der Waals surface area contributed by atoms with Gasteiger partial charge in [0.05, 0.1) is 6.54 Å². The van der Waals surface area contributed by atoms with Crippen LogP contribution in [-0.2, 0) is 16.0 Å². The van der Waals surface area contributed by atoms with Crippen molar-refractivity contribution in [1.29, 1.82) is 0 Å². The number of benzene rings is 2. The number of hydrogen-bond acceptors (Lipinski definition) is 3. The van der Waals surface area contributed by atoms with E-state index < -0.39 is 17.9 Å². The first kappa shape index (κ1) is 19.1. The second-order valence-corrected chi connectivity index (χ2v) is 7.51. The molecule has 0 spiro atoms. The molecule has 2 heterocycles. The van der Waals surface area contributed by atoms with Gasteiger partial charge in [-0.25, -0.2) is 4.39 Å². The molecule has 0 radical (unpaired) electrons. The van der Waals surface area contributed by atoms with Crippen LogP contribution in [0.15, 0.2) is 48.5 Å². The highest BCUT2D eigenvalue weighted by Crippen LogP contribution is 2.20. The second-order valence-electron chi connectivity index (χ2n) is 7.51. The summed E-state index contributed by atoms with van der Waals surface area (Å²) in [6.45, 7) is 2.32. The van der Waals surface area contributed by atoms with Crippen LogP contribution in [0.2, 0.25) is 0 Å². The van der Waals surface area contributed by atoms with Gasteiger partial charge >= 0.3 is 0 Å². The third-order valence-corrected chi connectivity index (χ3v) is 5.57. The van der Waals surface area contributed by atoms with Crippen LogP contribution in [-0.4, -0.2) is 59.2 Å². The van der Waals surface area contributed by atoms with Gasteiger partial charge in [0.1, 0.15) is 17.9 Å². The van der Waals surface area contributed by atoms with Crippen LogP contribution in [0.1, 0.15) is 21.5 Å². The molecule has 2 fully saturated rings. The minimum Gasteiger partial charge on any atom is -0.342 e. The Morgan fingerprint density at radius 1 is 1.14 bits per heavy atom. The van der Waals surface area contributed by atoms with Gasteiger partial charge in [0.15, 0.2) is 0 Å². The molecule has 2 aliphatic heterocycles. The Balaban J connectivity index is 1.46. The van der Waals surface area contributed by atoms with Gasteiger partial charge < -0.3 is 15.1 Å². The molecule has 2 aromatic carbocycles. The number of piperazine rings is 2. The molecule has 2 atom stereocenters. The van der Waals surface area contributed by atoms with Gasteiger partial charge in [-0.15, -0.1) is 0 Å². The van der Waals surface area contributed by atoms with Crippen LogP contribution >= 0.6 is 0 Å². The van der Waals surface area contributed by atoms with Crippen molar-refractivity contribution < 1.29 is 18.8 Å². The molecule has 2 aromatic rings. The monoisotopic (exact) mass is 395 g/mol. The number of hydrogen-bond donors (Lipinski definition) is 1. The Labute approximate surface area is 168 Å². The van der Waals surface area contributed by atoms with E-state index in [4.69, 9.17) is 0 Å². The highest BCUT2D eigenvalue weighted by Gasteiger charge is 2.44. The minimum atomic E-state index is -0.720. The zero-order valence-electron chi connectivity index (χ0n) is 16.1. The minimum absolute atomic E-state index is 0.101. The topological polar surface area (TPSA) is 69.7 Å². The molecule has 7 heteroatoms. The maximum Gasteiger partial charge on any atom is 0.254 e. The molecule has 2 saturated heterocycles. The fraction of sp³-hybridized carbons (Fsp3) is 0.318. The van der Waals surface area contributed by atoms with Crippen molar-refractivity contribution in [1.82, 2.24) is 15.1 Å². The summed E-state index contributed by atoms with van der Waals surface area (Å²) in [5, 5.41) is 2.80. The molecule has 1 N–H and O–H groups in total. The van der Waals surface area contributed by atoms with E-state index in [1.807, 2.05) is 30.3 Å². The molecule has 0 bridgehead atoms. The van der Waals surface area contributed by atoms with Gasteiger partial charge in [-0.2, -0.15) is 0 Å². The third kappa shape index (κ3) is 3.72. The number of halogens is 1. The van der Waals surface area contributed by atoms with E-state index in [1.165, 1.54) is 11.0 Å². The largest absolute Gasteiger partial charge is 0.342 e. The van der Waals surface area contributed by atoms with Crippen LogP contribution in [0.3, 0.4) is 0 Å². The predicted octanol–water partition coefficient (Wildman–Crippen LogP) is 1.53. The van der Waals surface area contributed by atoms with E-state index in [0.29, 0.717) is 18.5 Å². The van der Waals surface area contributed by atoms with E-state index in [1.54, 1.807) is 24.0 Å². The third-order valence-electron chi connectivity index (χ3n) is 5.57. The lowest BCUT2D eigenvalue weighted by Gasteiger charge is -2.45. The summed E-state index contributed by atoms with van der Waals surface area (Å²) < 4.78 is 13.8. The number of amides is 3. The van der Waals surface area contributed by atoms with Gasteiger partial charge in [0, 0.05) is 25.1 Å². The quantitative estimate of drug-likeness (QED) is 0.857. The molecule has 2 aliphatic rings. The maximum atomic E-state index is 13.8. The number of fused-ring (bicyclic) bond motifs is 1. The van der Waals surface area contributed by atoms with Crippen LogP contribution < -0.4 is 5.32 Å². The van der Waals surface area contributed by atoms with Crippen LogP contribution in [0.5, 0.6) is 0 Å². The molecule has 150 valence electrons. The van der Waals surface area contributed by atoms with Crippen LogP contribution in [0.4, 0.5) is 4.39 Å². The summed E-state index contributed by atoms with van der Waals surface area (Å²) in [5.41, 5.74) is 1.68. The first-order chi connectivity index (χ1) is 13.9. The molecular formula is C22H22FN3O3. The summed E-state index contributed by atoms with van der Waals surface area (Å²) in [6, 6.07) is 12.6. The van der Waals surface area contributed by atoms with Crippen molar-refractivity contribution in [3.8, 4) is 0 Å². The molecule has 4 rings (SSSR count). The van der Waals surface area contributed by atoms with Gasteiger partial charge in [0.2, 0.25) is 11.8 Å². The first-order valence-electron chi connectivity index (χ1n) is 9.64. The summed E-state index contributed by atoms with van der Waals surface area (Å²) in [6.07, 6.45) is 0.430. The van der Waals surface area contributed by atoms with E-state index in [9.17, 15) is 18.8 Å². The number of carbonyl (C=O) groups is 3. The van der Waals surface area contributed by atoms with Gasteiger partial charge in [-0.3, -0.25) is 14.4 Å². The number of carbonyl (C=O) groups excluding carboxylic acids is 3. The van der Waals surface area contributed by atoms with Crippen molar-refractivity contribution in [3.05, 3.63) is 71.0 Å². The van der Waals surface area contributed by atoms with E-state index in [0.717, 1.165) is 5.56 Å². The van der Waals surface area contributed by atoms with E-state index >= 15 is 0 Å². The average Bonchev–Trinajstić information content (AvgIpc) is 2.73. The molecule has 0 unspecified atom stereocenters. The van der Waals surface area contributed by atoms with Crippen molar-refractivity contribution in [3.63, 3.8) is 0 Å². The maximum absolute atomic E-state index is 13.8. The number of nitrogens with zero attached hydrogens (tertiary/aromatic N) is 2. The average molecular weight is 395 g/mol. The predicted molar refractivity (Wildman–Crippen MR) is 105 cm³/mol. The number of aryl methyl sites for hydroxylation is 1. The zero-order valence-corrected chi connectivity index (χ0v) is 16.1. The van der Waals surface area contributed by atoms with E-state index in [2.05, 4.69) is 5.32 Å². The van der Waals surface area contributed by atoms with Crippen LogP contribution in [0, 0.1) is 12.7 Å². The highest BCUT2D eigenvalue weighted by atomic mass is 19.1. The fourth-order valence-electron chi connectivity index (χ4n) is 3.88. The Morgan fingerprint density at radius 2 is 1.90 bits per heavy atom. The van der Waals surface area contributed by atoms with Crippen molar-refractivity contribution in [2.24, 2.45) is 0 Å². The Morgan fingerprint density at radius 3 is 2.62 bits per heavy atom. The highest BCUT2D eigenvalue weighted by molar-refractivity contribution is 5.99. The normalized spacial score (nSPS) is 21.6. The lowest BCUT2D eigenvalue weighted by Crippen LogP contribution is -2.70. The van der Waals surface area contributed by atoms with Crippen LogP contribution in [0.25, 0.3) is 0 Å². The zero-order chi connectivity index (χ0) is 20.5. The summed E-state index contributed by atoms with van der Waals surface area (Å²) in [4.78, 5) is 41.4. The Hall–Kier alpha value is -3.22. The van der Waals surface area contributed by atoms with Gasteiger partial charge in [0.25, 0.3) is 5.91 Å².